The summed E-state index contributed by atoms with van der Waals surface area (Å²) < 4.78 is 60.4. The first-order valence-electron chi connectivity index (χ1n) is 21.4. The van der Waals surface area contributed by atoms with E-state index in [1.807, 2.05) is 6.07 Å². The van der Waals surface area contributed by atoms with Crippen LogP contribution in [-0.2, 0) is 49.2 Å². The number of aliphatic hydroxyl groups is 2. The quantitative estimate of drug-likeness (QED) is 0.0697. The molecule has 1 aliphatic carbocycles. The molecule has 1 saturated carbocycles. The minimum atomic E-state index is -2.28. The third-order valence-electron chi connectivity index (χ3n) is 12.5. The second-order valence-corrected chi connectivity index (χ2v) is 16.3. The number of urea groups is 1. The van der Waals surface area contributed by atoms with Crippen molar-refractivity contribution in [2.45, 2.75) is 73.2 Å². The van der Waals surface area contributed by atoms with Crippen LogP contribution < -0.4 is 41.0 Å². The van der Waals surface area contributed by atoms with Crippen molar-refractivity contribution >= 4 is 23.6 Å². The van der Waals surface area contributed by atoms with Gasteiger partial charge >= 0.3 is 12.0 Å². The Balaban J connectivity index is 1.01. The molecule has 4 aromatic carbocycles. The molecule has 8 N–H and O–H groups in total. The van der Waals surface area contributed by atoms with Crippen LogP contribution >= 0.6 is 0 Å². The molecule has 11 atom stereocenters. The van der Waals surface area contributed by atoms with Gasteiger partial charge in [-0.05, 0) is 48.2 Å². The Morgan fingerprint density at radius 3 is 2.23 bits per heavy atom. The van der Waals surface area contributed by atoms with Crippen molar-refractivity contribution in [3.05, 3.63) is 113 Å². The smallest absolute Gasteiger partial charge is 0.312 e. The Hall–Kier alpha value is -6.03. The van der Waals surface area contributed by atoms with Gasteiger partial charge < -0.3 is 79.7 Å². The number of rotatable bonds is 16. The van der Waals surface area contributed by atoms with Gasteiger partial charge in [0.1, 0.15) is 41.3 Å². The summed E-state index contributed by atoms with van der Waals surface area (Å²) in [5.74, 6) is -2.44. The summed E-state index contributed by atoms with van der Waals surface area (Å²) in [5, 5.41) is 30.8. The van der Waals surface area contributed by atoms with Crippen LogP contribution in [0.1, 0.15) is 47.3 Å². The van der Waals surface area contributed by atoms with Gasteiger partial charge in [0.05, 0.1) is 52.1 Å². The lowest BCUT2D eigenvalue weighted by Gasteiger charge is -2.40. The number of ether oxygens (including phenoxy) is 10. The summed E-state index contributed by atoms with van der Waals surface area (Å²) in [6.07, 6.45) is -5.06. The summed E-state index contributed by atoms with van der Waals surface area (Å²) in [6.45, 7) is 0.553. The van der Waals surface area contributed by atoms with E-state index < -0.39 is 78.3 Å². The third kappa shape index (κ3) is 8.48. The van der Waals surface area contributed by atoms with Crippen LogP contribution in [0.2, 0.25) is 0 Å². The average molecular weight is 915 g/mol. The molecule has 1 unspecified atom stereocenters. The lowest BCUT2D eigenvalue weighted by atomic mass is 9.70. The monoisotopic (exact) mass is 914 g/mol. The molecule has 0 bridgehead atoms. The molecule has 3 amide bonds. The molecule has 8 rings (SSSR count). The Kier molecular flexibility index (Phi) is 13.7. The average Bonchev–Trinajstić information content (AvgIpc) is 3.99. The fourth-order valence-corrected chi connectivity index (χ4v) is 9.40. The van der Waals surface area contributed by atoms with Gasteiger partial charge in [0, 0.05) is 43.0 Å². The van der Waals surface area contributed by atoms with E-state index in [0.29, 0.717) is 47.5 Å². The number of amides is 3. The Bertz CT molecular complexity index is 2360. The standard InChI is InChI=1S/C47H54N4O15/c1-57-29-18-14-27(15-19-29)47-37(25-9-6-5-7-10-25)36(41(54)59-3)39(52)46(47,56)38-32(58-2)21-30(22-33(38)66-47)63-44-43(60-4)62-24-35(65-44)34-23-61-42(64-34)26-12-16-28(17-13-26)51-40(53)31(48)11-8-20-50-45(49)55/h5-7,9-10,12-19,21-22,31,34-37,39,42-44,52,56H,8,11,20,23-24,48H2,1-4H3,(H,51,53)(H3,49,50,55)/t31-,34+,35+,36+,37+,39+,42?,43+,44+,46-,47-/m0/s1. The van der Waals surface area contributed by atoms with Gasteiger partial charge in [-0.2, -0.15) is 0 Å². The van der Waals surface area contributed by atoms with Crippen molar-refractivity contribution in [1.29, 1.82) is 0 Å². The molecule has 0 aromatic heterocycles. The summed E-state index contributed by atoms with van der Waals surface area (Å²) in [4.78, 5) is 37.2. The van der Waals surface area contributed by atoms with E-state index in [2.05, 4.69) is 10.6 Å². The molecule has 0 spiro atoms. The Labute approximate surface area is 380 Å². The molecule has 2 saturated heterocycles. The largest absolute Gasteiger partial charge is 0.497 e. The van der Waals surface area contributed by atoms with Crippen LogP contribution in [-0.4, -0.2) is 113 Å². The number of esters is 1. The summed E-state index contributed by atoms with van der Waals surface area (Å²) in [5.41, 5.74) is 9.37. The summed E-state index contributed by atoms with van der Waals surface area (Å²) in [7, 11) is 5.62. The number of hydrogen-bond acceptors (Lipinski definition) is 16. The second kappa shape index (κ2) is 19.4. The number of anilines is 1. The van der Waals surface area contributed by atoms with Gasteiger partial charge in [0.2, 0.25) is 12.2 Å². The van der Waals surface area contributed by atoms with Crippen molar-refractivity contribution in [2.75, 3.05) is 53.5 Å². The maximum Gasteiger partial charge on any atom is 0.312 e. The topological polar surface area (TPSA) is 260 Å². The molecule has 3 aliphatic heterocycles. The molecule has 0 radical (unpaired) electrons. The number of benzene rings is 4. The van der Waals surface area contributed by atoms with Gasteiger partial charge in [0.25, 0.3) is 6.29 Å². The van der Waals surface area contributed by atoms with Crippen LogP contribution in [0.3, 0.4) is 0 Å². The zero-order valence-electron chi connectivity index (χ0n) is 36.7. The first-order chi connectivity index (χ1) is 31.9. The van der Waals surface area contributed by atoms with Crippen molar-refractivity contribution in [1.82, 2.24) is 5.32 Å². The normalized spacial score (nSPS) is 29.1. The highest BCUT2D eigenvalue weighted by atomic mass is 16.8. The van der Waals surface area contributed by atoms with E-state index in [0.717, 1.165) is 0 Å². The van der Waals surface area contributed by atoms with E-state index in [-0.39, 0.29) is 41.9 Å². The maximum atomic E-state index is 13.7. The zero-order valence-corrected chi connectivity index (χ0v) is 36.7. The molecule has 4 aromatic rings. The number of aliphatic hydroxyl groups excluding tert-OH is 1. The van der Waals surface area contributed by atoms with E-state index >= 15 is 0 Å². The van der Waals surface area contributed by atoms with Crippen molar-refractivity contribution in [3.63, 3.8) is 0 Å². The molecule has 3 heterocycles. The molecule has 66 heavy (non-hydrogen) atoms. The van der Waals surface area contributed by atoms with Crippen LogP contribution in [0, 0.1) is 5.92 Å². The predicted molar refractivity (Wildman–Crippen MR) is 232 cm³/mol. The molecule has 19 nitrogen and oxygen atoms in total. The lowest BCUT2D eigenvalue weighted by molar-refractivity contribution is -0.323. The minimum absolute atomic E-state index is 0.0804. The number of carbonyl (C=O) groups excluding carboxylic acids is 3. The maximum absolute atomic E-state index is 13.7. The number of fused-ring (bicyclic) bond motifs is 3. The number of carbonyl (C=O) groups is 3. The lowest BCUT2D eigenvalue weighted by Crippen LogP contribution is -2.52. The Morgan fingerprint density at radius 2 is 1.56 bits per heavy atom. The molecular weight excluding hydrogens is 861 g/mol. The van der Waals surface area contributed by atoms with E-state index in [4.69, 9.17) is 58.8 Å². The number of hydrogen-bond donors (Lipinski definition) is 6. The summed E-state index contributed by atoms with van der Waals surface area (Å²) in [6, 6.07) is 24.5. The highest BCUT2D eigenvalue weighted by Gasteiger charge is 2.78. The van der Waals surface area contributed by atoms with E-state index in [1.165, 1.54) is 34.5 Å². The van der Waals surface area contributed by atoms with Gasteiger partial charge in [-0.3, -0.25) is 9.59 Å². The van der Waals surface area contributed by atoms with Crippen molar-refractivity contribution < 1.29 is 72.0 Å². The van der Waals surface area contributed by atoms with Crippen LogP contribution in [0.4, 0.5) is 10.5 Å². The fraction of sp³-hybridized carbons (Fsp3) is 0.426. The van der Waals surface area contributed by atoms with E-state index in [9.17, 15) is 24.6 Å². The molecular formula is C47H54N4O15. The molecule has 19 heteroatoms. The summed E-state index contributed by atoms with van der Waals surface area (Å²) >= 11 is 0. The van der Waals surface area contributed by atoms with Crippen molar-refractivity contribution in [2.24, 2.45) is 17.4 Å². The SMILES string of the molecule is COC(=O)[C@H]1[C@@H](O)[C@@]2(O)c3c(OC)cc(O[C@@H]4O[C@@H]([C@H]5COC(c6ccc(NC(=O)[C@@H](N)CCCNC(N)=O)cc6)O5)CO[C@H]4OC)cc3O[C@@]2(c2ccc(OC)cc2)[C@@H]1c1ccccc1. The van der Waals surface area contributed by atoms with Gasteiger partial charge in [-0.15, -0.1) is 0 Å². The first kappa shape index (κ1) is 46.5. The Morgan fingerprint density at radius 1 is 0.848 bits per heavy atom. The van der Waals surface area contributed by atoms with Gasteiger partial charge in [-0.1, -0.05) is 54.6 Å². The molecule has 3 fully saturated rings. The number of nitrogens with two attached hydrogens (primary N) is 2. The van der Waals surface area contributed by atoms with Crippen LogP contribution in [0.25, 0.3) is 0 Å². The fourth-order valence-electron chi connectivity index (χ4n) is 9.40. The van der Waals surface area contributed by atoms with Gasteiger partial charge in [0.15, 0.2) is 17.5 Å². The minimum Gasteiger partial charge on any atom is -0.497 e. The highest BCUT2D eigenvalue weighted by molar-refractivity contribution is 5.94. The van der Waals surface area contributed by atoms with Gasteiger partial charge in [-0.25, -0.2) is 4.79 Å². The number of primary amides is 1. The molecule has 352 valence electrons. The van der Waals surface area contributed by atoms with Crippen LogP contribution in [0.15, 0.2) is 91.0 Å². The third-order valence-corrected chi connectivity index (χ3v) is 12.5. The highest BCUT2D eigenvalue weighted by Crippen LogP contribution is 2.70. The zero-order chi connectivity index (χ0) is 46.8. The first-order valence-corrected chi connectivity index (χ1v) is 21.4. The molecule has 4 aliphatic rings. The second-order valence-electron chi connectivity index (χ2n) is 16.3. The van der Waals surface area contributed by atoms with Crippen LogP contribution in [0.5, 0.6) is 23.0 Å². The van der Waals surface area contributed by atoms with E-state index in [1.54, 1.807) is 78.9 Å². The van der Waals surface area contributed by atoms with Crippen molar-refractivity contribution in [3.8, 4) is 23.0 Å². The number of methoxy groups -OCH3 is 4. The number of nitrogens with one attached hydrogen (secondary N) is 2. The predicted octanol–water partition coefficient (Wildman–Crippen LogP) is 3.05.